The van der Waals surface area contributed by atoms with Gasteiger partial charge in [-0.25, -0.2) is 0 Å². The first-order valence-corrected chi connectivity index (χ1v) is 9.33. The lowest BCUT2D eigenvalue weighted by Gasteiger charge is -2.56. The molecule has 2 nitrogen and oxygen atoms in total. The van der Waals surface area contributed by atoms with Crippen molar-refractivity contribution in [3.8, 4) is 0 Å². The summed E-state index contributed by atoms with van der Waals surface area (Å²) in [4.78, 5) is 11.8. The van der Waals surface area contributed by atoms with E-state index in [0.717, 1.165) is 37.5 Å². The molecule has 1 N–H and O–H groups in total. The van der Waals surface area contributed by atoms with Crippen LogP contribution in [0, 0.1) is 34.0 Å². The van der Waals surface area contributed by atoms with Crippen molar-refractivity contribution in [1.29, 1.82) is 0 Å². The summed E-state index contributed by atoms with van der Waals surface area (Å²) in [6.07, 6.45) is 11.0. The van der Waals surface area contributed by atoms with Crippen LogP contribution in [-0.2, 0) is 4.79 Å². The topological polar surface area (TPSA) is 37.3 Å². The van der Waals surface area contributed by atoms with Crippen LogP contribution in [0.25, 0.3) is 0 Å². The molecule has 120 valence electrons. The zero-order valence-corrected chi connectivity index (χ0v) is 13.9. The lowest BCUT2D eigenvalue weighted by molar-refractivity contribution is -0.116. The highest BCUT2D eigenvalue weighted by Crippen LogP contribution is 2.87. The summed E-state index contributed by atoms with van der Waals surface area (Å²) in [6, 6.07) is 0. The second-order valence-electron chi connectivity index (χ2n) is 9.52. The highest BCUT2D eigenvalue weighted by Gasteiger charge is 2.82. The van der Waals surface area contributed by atoms with Gasteiger partial charge in [-0.15, -0.1) is 0 Å². The Bertz CT molecular complexity index is 593. The Hall–Kier alpha value is -0.630. The number of aliphatic hydroxyl groups excluding tert-OH is 1. The van der Waals surface area contributed by atoms with Gasteiger partial charge in [0.2, 0.25) is 0 Å². The molecule has 4 saturated carbocycles. The first-order valence-electron chi connectivity index (χ1n) is 9.33. The molecule has 0 aromatic carbocycles. The maximum Gasteiger partial charge on any atom is 0.155 e. The fourth-order valence-corrected chi connectivity index (χ4v) is 7.97. The summed E-state index contributed by atoms with van der Waals surface area (Å²) in [6.45, 7) is 4.83. The van der Waals surface area contributed by atoms with Crippen molar-refractivity contribution in [2.75, 3.05) is 0 Å². The Morgan fingerprint density at radius 1 is 1.18 bits per heavy atom. The molecule has 22 heavy (non-hydrogen) atoms. The van der Waals surface area contributed by atoms with Crippen LogP contribution in [0.5, 0.6) is 0 Å². The maximum atomic E-state index is 11.8. The van der Waals surface area contributed by atoms with Gasteiger partial charge in [-0.2, -0.15) is 0 Å². The van der Waals surface area contributed by atoms with Gasteiger partial charge in [-0.1, -0.05) is 19.4 Å². The molecular weight excluding hydrogens is 272 g/mol. The monoisotopic (exact) mass is 300 g/mol. The molecule has 0 radical (unpaired) electrons. The van der Waals surface area contributed by atoms with E-state index >= 15 is 0 Å². The third kappa shape index (κ3) is 1.32. The SMILES string of the molecule is C[C@]12C[C@H](O)[C@@]3(C)CC[C@H]4[C@@H](CCC5=CC(=O)CC[C@@H]54)[C@]13C2. The highest BCUT2D eigenvalue weighted by atomic mass is 16.3. The minimum absolute atomic E-state index is 0.0860. The second-order valence-corrected chi connectivity index (χ2v) is 9.52. The minimum Gasteiger partial charge on any atom is -0.393 e. The molecule has 2 heteroatoms. The van der Waals surface area contributed by atoms with Gasteiger partial charge in [0.15, 0.2) is 5.78 Å². The van der Waals surface area contributed by atoms with E-state index in [-0.39, 0.29) is 11.5 Å². The normalized spacial score (nSPS) is 59.0. The fourth-order valence-electron chi connectivity index (χ4n) is 7.97. The van der Waals surface area contributed by atoms with E-state index in [9.17, 15) is 9.90 Å². The Labute approximate surface area is 133 Å². The minimum atomic E-state index is -0.0860. The maximum absolute atomic E-state index is 11.8. The average Bonchev–Trinajstić information content (AvgIpc) is 3.03. The summed E-state index contributed by atoms with van der Waals surface area (Å²) < 4.78 is 0. The Morgan fingerprint density at radius 2 is 2.00 bits per heavy atom. The van der Waals surface area contributed by atoms with Gasteiger partial charge < -0.3 is 5.11 Å². The van der Waals surface area contributed by atoms with Crippen LogP contribution < -0.4 is 0 Å². The van der Waals surface area contributed by atoms with Crippen molar-refractivity contribution < 1.29 is 9.90 Å². The smallest absolute Gasteiger partial charge is 0.155 e. The molecule has 0 aromatic heterocycles. The molecule has 0 aromatic rings. The quantitative estimate of drug-likeness (QED) is 0.737. The molecule has 0 heterocycles. The average molecular weight is 300 g/mol. The summed E-state index contributed by atoms with van der Waals surface area (Å²) >= 11 is 0. The molecule has 0 aliphatic heterocycles. The first kappa shape index (κ1) is 13.8. The van der Waals surface area contributed by atoms with Gasteiger partial charge in [0.25, 0.3) is 0 Å². The third-order valence-electron chi connectivity index (χ3n) is 8.95. The van der Waals surface area contributed by atoms with E-state index in [4.69, 9.17) is 0 Å². The van der Waals surface area contributed by atoms with E-state index in [0.29, 0.717) is 22.5 Å². The summed E-state index contributed by atoms with van der Waals surface area (Å²) in [5.74, 6) is 2.62. The Balaban J connectivity index is 1.55. The fraction of sp³-hybridized carbons (Fsp3) is 0.850. The van der Waals surface area contributed by atoms with Crippen LogP contribution in [0.1, 0.15) is 65.2 Å². The molecule has 0 unspecified atom stereocenters. The Morgan fingerprint density at radius 3 is 2.82 bits per heavy atom. The number of hydrogen-bond donors (Lipinski definition) is 1. The number of aliphatic hydroxyl groups is 1. The first-order chi connectivity index (χ1) is 10.4. The number of carbonyl (C=O) groups excluding carboxylic acids is 1. The number of hydrogen-bond acceptors (Lipinski definition) is 2. The number of ketones is 1. The number of carbonyl (C=O) groups is 1. The Kier molecular flexibility index (Phi) is 2.43. The van der Waals surface area contributed by atoms with E-state index in [2.05, 4.69) is 13.8 Å². The van der Waals surface area contributed by atoms with Crippen LogP contribution in [0.3, 0.4) is 0 Å². The van der Waals surface area contributed by atoms with Gasteiger partial charge in [0.1, 0.15) is 0 Å². The standard InChI is InChI=1S/C20H28O2/c1-18-10-17(22)19(2)8-7-15-14-5-4-13(21)9-12(14)3-6-16(15)20(18,19)11-18/h9,14-17,22H,3-8,10-11H2,1-2H3/t14-,15+,16+,17-,18+,19+,20+/m0/s1. The molecular formula is C20H28O2. The van der Waals surface area contributed by atoms with Gasteiger partial charge in [0.05, 0.1) is 6.10 Å². The predicted molar refractivity (Wildman–Crippen MR) is 85.1 cm³/mol. The lowest BCUT2D eigenvalue weighted by atomic mass is 9.49. The van der Waals surface area contributed by atoms with E-state index in [1.807, 2.05) is 6.08 Å². The predicted octanol–water partition coefficient (Wildman–Crippen LogP) is 3.88. The van der Waals surface area contributed by atoms with E-state index in [1.165, 1.54) is 31.3 Å². The van der Waals surface area contributed by atoms with Crippen molar-refractivity contribution in [1.82, 2.24) is 0 Å². The molecule has 1 spiro atoms. The van der Waals surface area contributed by atoms with Crippen LogP contribution in [0.2, 0.25) is 0 Å². The number of fused-ring (bicyclic) bond motifs is 3. The molecule has 4 fully saturated rings. The van der Waals surface area contributed by atoms with E-state index in [1.54, 1.807) is 0 Å². The van der Waals surface area contributed by atoms with Gasteiger partial charge in [-0.05, 0) is 85.0 Å². The van der Waals surface area contributed by atoms with Crippen molar-refractivity contribution >= 4 is 5.78 Å². The molecule has 5 aliphatic carbocycles. The molecule has 0 amide bonds. The molecule has 5 rings (SSSR count). The number of rotatable bonds is 0. The molecule has 0 saturated heterocycles. The highest BCUT2D eigenvalue weighted by molar-refractivity contribution is 5.91. The van der Waals surface area contributed by atoms with Crippen molar-refractivity contribution in [2.24, 2.45) is 34.0 Å². The van der Waals surface area contributed by atoms with Crippen molar-refractivity contribution in [3.05, 3.63) is 11.6 Å². The van der Waals surface area contributed by atoms with Crippen LogP contribution in [-0.4, -0.2) is 17.0 Å². The van der Waals surface area contributed by atoms with Gasteiger partial charge >= 0.3 is 0 Å². The lowest BCUT2D eigenvalue weighted by Crippen LogP contribution is -2.51. The van der Waals surface area contributed by atoms with E-state index < -0.39 is 0 Å². The second kappa shape index (κ2) is 3.88. The largest absolute Gasteiger partial charge is 0.393 e. The van der Waals surface area contributed by atoms with Crippen LogP contribution >= 0.6 is 0 Å². The zero-order valence-electron chi connectivity index (χ0n) is 13.9. The third-order valence-corrected chi connectivity index (χ3v) is 8.95. The van der Waals surface area contributed by atoms with Crippen LogP contribution in [0.4, 0.5) is 0 Å². The zero-order chi connectivity index (χ0) is 15.3. The van der Waals surface area contributed by atoms with Crippen LogP contribution in [0.15, 0.2) is 11.6 Å². The van der Waals surface area contributed by atoms with Crippen molar-refractivity contribution in [2.45, 2.75) is 71.3 Å². The molecule has 0 bridgehead atoms. The van der Waals surface area contributed by atoms with Crippen molar-refractivity contribution in [3.63, 3.8) is 0 Å². The number of allylic oxidation sites excluding steroid dienone is 1. The summed E-state index contributed by atoms with van der Waals surface area (Å²) in [5.41, 5.74) is 2.44. The summed E-state index contributed by atoms with van der Waals surface area (Å²) in [7, 11) is 0. The molecule has 5 aliphatic rings. The van der Waals surface area contributed by atoms with Gasteiger partial charge in [-0.3, -0.25) is 4.79 Å². The molecule has 7 atom stereocenters. The van der Waals surface area contributed by atoms with Gasteiger partial charge in [0, 0.05) is 6.42 Å². The summed E-state index contributed by atoms with van der Waals surface area (Å²) in [5, 5.41) is 10.7.